The summed E-state index contributed by atoms with van der Waals surface area (Å²) in [5.41, 5.74) is 5.72. The van der Waals surface area contributed by atoms with Crippen molar-refractivity contribution in [2.75, 3.05) is 6.54 Å². The summed E-state index contributed by atoms with van der Waals surface area (Å²) in [7, 11) is 0. The van der Waals surface area contributed by atoms with Crippen LogP contribution < -0.4 is 5.73 Å². The minimum Gasteiger partial charge on any atom is -0.389 e. The molecule has 0 spiro atoms. The third kappa shape index (κ3) is 2.92. The zero-order valence-corrected chi connectivity index (χ0v) is 13.8. The maximum absolute atomic E-state index is 11.4. The van der Waals surface area contributed by atoms with Crippen molar-refractivity contribution in [3.63, 3.8) is 0 Å². The van der Waals surface area contributed by atoms with Gasteiger partial charge >= 0.3 is 0 Å². The summed E-state index contributed by atoms with van der Waals surface area (Å²) in [6, 6.07) is 0. The van der Waals surface area contributed by atoms with E-state index < -0.39 is 5.60 Å². The Hall–Kier alpha value is -0.0800. The van der Waals surface area contributed by atoms with Crippen molar-refractivity contribution in [2.45, 2.75) is 84.2 Å². The van der Waals surface area contributed by atoms with Crippen LogP contribution in [-0.4, -0.2) is 17.3 Å². The van der Waals surface area contributed by atoms with E-state index in [1.54, 1.807) is 0 Å². The molecule has 2 aliphatic rings. The summed E-state index contributed by atoms with van der Waals surface area (Å²) in [6.45, 7) is 7.58. The van der Waals surface area contributed by atoms with E-state index >= 15 is 0 Å². The monoisotopic (exact) mass is 281 g/mol. The van der Waals surface area contributed by atoms with Crippen LogP contribution in [0.2, 0.25) is 0 Å². The highest BCUT2D eigenvalue weighted by Gasteiger charge is 2.52. The smallest absolute Gasteiger partial charge is 0.0718 e. The van der Waals surface area contributed by atoms with E-state index in [1.165, 1.54) is 32.1 Å². The van der Waals surface area contributed by atoms with Gasteiger partial charge < -0.3 is 10.8 Å². The van der Waals surface area contributed by atoms with Crippen molar-refractivity contribution in [1.29, 1.82) is 0 Å². The Morgan fingerprint density at radius 2 is 1.80 bits per heavy atom. The van der Waals surface area contributed by atoms with Crippen LogP contribution in [0.25, 0.3) is 0 Å². The average molecular weight is 281 g/mol. The van der Waals surface area contributed by atoms with Gasteiger partial charge in [0, 0.05) is 12.0 Å². The highest BCUT2D eigenvalue weighted by Crippen LogP contribution is 2.53. The number of hydrogen-bond acceptors (Lipinski definition) is 2. The first kappa shape index (κ1) is 16.3. The van der Waals surface area contributed by atoms with Crippen LogP contribution in [0.3, 0.4) is 0 Å². The quantitative estimate of drug-likeness (QED) is 0.814. The summed E-state index contributed by atoms with van der Waals surface area (Å²) >= 11 is 0. The minimum absolute atomic E-state index is 0.00618. The molecule has 0 radical (unpaired) electrons. The molecule has 0 heterocycles. The molecule has 3 N–H and O–H groups in total. The Labute approximate surface area is 125 Å². The number of aliphatic hydroxyl groups is 1. The SMILES string of the molecule is CCC1CCC(CN)(C2(O)CCCC(C(C)C)C2)CC1. The third-order valence-corrected chi connectivity index (χ3v) is 6.73. The van der Waals surface area contributed by atoms with E-state index in [0.29, 0.717) is 18.4 Å². The van der Waals surface area contributed by atoms with Crippen LogP contribution in [-0.2, 0) is 0 Å². The summed E-state index contributed by atoms with van der Waals surface area (Å²) in [5.74, 6) is 2.23. The Balaban J connectivity index is 2.13. The predicted octanol–water partition coefficient (Wildman–Crippen LogP) is 4.11. The second-order valence-corrected chi connectivity index (χ2v) is 7.97. The summed E-state index contributed by atoms with van der Waals surface area (Å²) in [4.78, 5) is 0. The molecule has 0 aromatic carbocycles. The molecule has 0 bridgehead atoms. The van der Waals surface area contributed by atoms with E-state index in [9.17, 15) is 5.11 Å². The first-order chi connectivity index (χ1) is 9.46. The zero-order chi connectivity index (χ0) is 14.8. The fraction of sp³-hybridized carbons (Fsp3) is 1.00. The van der Waals surface area contributed by atoms with Gasteiger partial charge in [-0.05, 0) is 62.7 Å². The van der Waals surface area contributed by atoms with Crippen LogP contribution >= 0.6 is 0 Å². The lowest BCUT2D eigenvalue weighted by Crippen LogP contribution is -2.56. The highest BCUT2D eigenvalue weighted by molar-refractivity contribution is 5.04. The molecule has 0 aromatic heterocycles. The minimum atomic E-state index is -0.492. The van der Waals surface area contributed by atoms with Crippen molar-refractivity contribution < 1.29 is 5.11 Å². The molecule has 0 aliphatic heterocycles. The molecule has 2 nitrogen and oxygen atoms in total. The molecule has 2 fully saturated rings. The topological polar surface area (TPSA) is 46.2 Å². The highest BCUT2D eigenvalue weighted by atomic mass is 16.3. The Morgan fingerprint density at radius 1 is 1.15 bits per heavy atom. The van der Waals surface area contributed by atoms with Gasteiger partial charge in [-0.1, -0.05) is 33.6 Å². The van der Waals surface area contributed by atoms with Crippen molar-refractivity contribution in [2.24, 2.45) is 28.9 Å². The average Bonchev–Trinajstić information content (AvgIpc) is 2.47. The summed E-state index contributed by atoms with van der Waals surface area (Å²) < 4.78 is 0. The first-order valence-corrected chi connectivity index (χ1v) is 8.89. The molecular formula is C18H35NO. The zero-order valence-electron chi connectivity index (χ0n) is 13.8. The van der Waals surface area contributed by atoms with Gasteiger partial charge in [0.2, 0.25) is 0 Å². The van der Waals surface area contributed by atoms with E-state index in [1.807, 2.05) is 0 Å². The van der Waals surface area contributed by atoms with Gasteiger partial charge in [0.15, 0.2) is 0 Å². The molecule has 2 heteroatoms. The van der Waals surface area contributed by atoms with Crippen molar-refractivity contribution in [1.82, 2.24) is 0 Å². The standard InChI is InChI=1S/C18H35NO/c1-4-15-7-10-17(13-19,11-8-15)18(20)9-5-6-16(12-18)14(2)3/h14-16,20H,4-13,19H2,1-3H3. The Kier molecular flexibility index (Phi) is 5.18. The maximum Gasteiger partial charge on any atom is 0.0718 e. The number of hydrogen-bond donors (Lipinski definition) is 2. The van der Waals surface area contributed by atoms with Gasteiger partial charge in [-0.15, -0.1) is 0 Å². The molecule has 2 saturated carbocycles. The van der Waals surface area contributed by atoms with Gasteiger partial charge in [0.05, 0.1) is 5.60 Å². The third-order valence-electron chi connectivity index (χ3n) is 6.73. The first-order valence-electron chi connectivity index (χ1n) is 8.89. The van der Waals surface area contributed by atoms with Gasteiger partial charge in [0.1, 0.15) is 0 Å². The van der Waals surface area contributed by atoms with Crippen molar-refractivity contribution >= 4 is 0 Å². The summed E-state index contributed by atoms with van der Waals surface area (Å²) in [6.07, 6.45) is 10.5. The second-order valence-electron chi connectivity index (χ2n) is 7.97. The van der Waals surface area contributed by atoms with E-state index in [-0.39, 0.29) is 5.41 Å². The number of rotatable bonds is 4. The van der Waals surface area contributed by atoms with Gasteiger partial charge in [-0.3, -0.25) is 0 Å². The Morgan fingerprint density at radius 3 is 2.30 bits per heavy atom. The fourth-order valence-electron chi connectivity index (χ4n) is 4.84. The lowest BCUT2D eigenvalue weighted by molar-refractivity contribution is -0.141. The lowest BCUT2D eigenvalue weighted by atomic mass is 9.55. The van der Waals surface area contributed by atoms with E-state index in [0.717, 1.165) is 31.6 Å². The van der Waals surface area contributed by atoms with Gasteiger partial charge in [-0.2, -0.15) is 0 Å². The van der Waals surface area contributed by atoms with Gasteiger partial charge in [-0.25, -0.2) is 0 Å². The fourth-order valence-corrected chi connectivity index (χ4v) is 4.84. The molecule has 2 aliphatic carbocycles. The molecule has 2 unspecified atom stereocenters. The van der Waals surface area contributed by atoms with Crippen molar-refractivity contribution in [3.05, 3.63) is 0 Å². The van der Waals surface area contributed by atoms with Crippen LogP contribution in [0, 0.1) is 23.2 Å². The molecule has 0 saturated heterocycles. The molecule has 0 aromatic rings. The molecule has 2 rings (SSSR count). The largest absolute Gasteiger partial charge is 0.389 e. The van der Waals surface area contributed by atoms with Crippen LogP contribution in [0.4, 0.5) is 0 Å². The molecule has 0 amide bonds. The lowest BCUT2D eigenvalue weighted by Gasteiger charge is -2.54. The predicted molar refractivity (Wildman–Crippen MR) is 85.5 cm³/mol. The second kappa shape index (κ2) is 6.36. The van der Waals surface area contributed by atoms with Crippen LogP contribution in [0.1, 0.15) is 78.6 Å². The summed E-state index contributed by atoms with van der Waals surface area (Å²) in [5, 5.41) is 11.4. The van der Waals surface area contributed by atoms with Gasteiger partial charge in [0.25, 0.3) is 0 Å². The van der Waals surface area contributed by atoms with Crippen LogP contribution in [0.15, 0.2) is 0 Å². The Bertz CT molecular complexity index is 307. The molecule has 20 heavy (non-hydrogen) atoms. The van der Waals surface area contributed by atoms with E-state index in [2.05, 4.69) is 20.8 Å². The van der Waals surface area contributed by atoms with Crippen molar-refractivity contribution in [3.8, 4) is 0 Å². The number of nitrogens with two attached hydrogens (primary N) is 1. The molecule has 118 valence electrons. The van der Waals surface area contributed by atoms with Crippen LogP contribution in [0.5, 0.6) is 0 Å². The van der Waals surface area contributed by atoms with E-state index in [4.69, 9.17) is 5.73 Å². The maximum atomic E-state index is 11.4. The normalized spacial score (nSPS) is 42.9. The molecular weight excluding hydrogens is 246 g/mol. The molecule has 2 atom stereocenters.